The first-order valence-electron chi connectivity index (χ1n) is 37.8. The Hall–Kier alpha value is -4.54. The van der Waals surface area contributed by atoms with E-state index in [9.17, 15) is 43.2 Å². The molecule has 98 heavy (non-hydrogen) atoms. The standard InChI is InChI=1S/C79H134O17P2/c1-5-9-13-17-21-25-29-33-35-36-38-42-44-48-52-56-60-64-77(82)90-70-75(96-79(84)66-62-58-54-50-46-40-32-28-24-20-16-12-8-4)72-94-98(87,88)92-68-73(80)67-91-97(85,86)93-71-74(95-78(83)65-61-57-53-49-45-39-31-27-23-19-15-11-7-3)69-89-76(81)63-59-55-51-47-43-41-37-34-30-26-22-18-14-10-6-2/h9-10,13-15,19,21-22,25-27,31,33-35,37,43,47,55,59,73-75,80H,5-8,11-12,16-18,20,23-24,28-30,32,36,38-42,44-46,48-54,56-58,60-72H2,1-4H3,(H,85,86)(H,87,88)/b13-9-,14-10-,19-15-,25-21-,26-22-,31-27-,35-33-,37-34-,47-43-,59-55-. The van der Waals surface area contributed by atoms with Gasteiger partial charge < -0.3 is 33.8 Å². The topological polar surface area (TPSA) is 237 Å². The summed E-state index contributed by atoms with van der Waals surface area (Å²) in [5, 5.41) is 10.6. The highest BCUT2D eigenvalue weighted by molar-refractivity contribution is 7.47. The Kier molecular flexibility index (Phi) is 67.6. The first kappa shape index (κ1) is 93.5. The minimum absolute atomic E-state index is 0.0575. The zero-order valence-electron chi connectivity index (χ0n) is 61.2. The Balaban J connectivity index is 5.40. The third kappa shape index (κ3) is 69.9. The Labute approximate surface area is 593 Å². The molecule has 0 aliphatic heterocycles. The van der Waals surface area contributed by atoms with Gasteiger partial charge in [0.05, 0.1) is 32.8 Å². The molecule has 17 nitrogen and oxygen atoms in total. The zero-order valence-corrected chi connectivity index (χ0v) is 63.0. The lowest BCUT2D eigenvalue weighted by molar-refractivity contribution is -0.161. The molecule has 0 fully saturated rings. The van der Waals surface area contributed by atoms with E-state index in [2.05, 4.69) is 125 Å². The maximum atomic E-state index is 13.1. The predicted octanol–water partition coefficient (Wildman–Crippen LogP) is 21.6. The Morgan fingerprint density at radius 2 is 0.592 bits per heavy atom. The number of carbonyl (C=O) groups excluding carboxylic acids is 4. The number of rotatable bonds is 70. The number of carbonyl (C=O) groups is 4. The molecule has 0 saturated carbocycles. The van der Waals surface area contributed by atoms with Gasteiger partial charge in [0.25, 0.3) is 0 Å². The van der Waals surface area contributed by atoms with Crippen LogP contribution in [0.2, 0.25) is 0 Å². The fourth-order valence-corrected chi connectivity index (χ4v) is 11.3. The number of hydrogen-bond donors (Lipinski definition) is 3. The number of phosphoric ester groups is 2. The normalized spacial score (nSPS) is 14.6. The Morgan fingerprint density at radius 1 is 0.306 bits per heavy atom. The Bertz CT molecular complexity index is 2340. The van der Waals surface area contributed by atoms with E-state index in [4.69, 9.17) is 37.0 Å². The molecule has 0 rings (SSSR count). The van der Waals surface area contributed by atoms with Gasteiger partial charge in [-0.25, -0.2) is 9.13 Å². The van der Waals surface area contributed by atoms with Gasteiger partial charge in [0.1, 0.15) is 19.3 Å². The van der Waals surface area contributed by atoms with Crippen molar-refractivity contribution in [3.05, 3.63) is 122 Å². The van der Waals surface area contributed by atoms with Gasteiger partial charge >= 0.3 is 39.5 Å². The van der Waals surface area contributed by atoms with E-state index in [-0.39, 0.29) is 25.7 Å². The molecule has 0 amide bonds. The number of hydrogen-bond acceptors (Lipinski definition) is 15. The maximum Gasteiger partial charge on any atom is 0.472 e. The van der Waals surface area contributed by atoms with Gasteiger partial charge in [-0.1, -0.05) is 284 Å². The van der Waals surface area contributed by atoms with Crippen LogP contribution >= 0.6 is 15.6 Å². The van der Waals surface area contributed by atoms with Crippen molar-refractivity contribution in [2.24, 2.45) is 0 Å². The minimum atomic E-state index is -5.00. The SMILES string of the molecule is CC/C=C\C/C=C\C/C=C\C/C=C\C/C=C\CC(=O)OCC(COP(=O)(O)OCC(O)COP(=O)(O)OCC(COC(=O)CCCCCCCCC/C=C\C/C=C\C/C=C\CC)OC(=O)CCCCCCCCCCCCCCC)OC(=O)CCCCCCC/C=C\C/C=C\CCC. The smallest absolute Gasteiger partial charge is 0.462 e. The highest BCUT2D eigenvalue weighted by atomic mass is 31.2. The molecule has 0 radical (unpaired) electrons. The van der Waals surface area contributed by atoms with Crippen LogP contribution in [0.25, 0.3) is 0 Å². The molecule has 0 saturated heterocycles. The molecular formula is C79H134O17P2. The van der Waals surface area contributed by atoms with Crippen molar-refractivity contribution in [2.75, 3.05) is 39.6 Å². The van der Waals surface area contributed by atoms with Gasteiger partial charge in [-0.2, -0.15) is 0 Å². The number of aliphatic hydroxyl groups excluding tert-OH is 1. The fraction of sp³-hybridized carbons (Fsp3) is 0.696. The van der Waals surface area contributed by atoms with E-state index in [1.165, 1.54) is 51.4 Å². The number of phosphoric acid groups is 2. The number of ether oxygens (including phenoxy) is 4. The summed E-state index contributed by atoms with van der Waals surface area (Å²) in [6.07, 6.45) is 76.5. The van der Waals surface area contributed by atoms with Gasteiger partial charge in [0.15, 0.2) is 12.2 Å². The van der Waals surface area contributed by atoms with Crippen LogP contribution in [-0.4, -0.2) is 96.7 Å². The van der Waals surface area contributed by atoms with E-state index >= 15 is 0 Å². The maximum absolute atomic E-state index is 13.1. The molecule has 5 unspecified atom stereocenters. The number of aliphatic hydroxyl groups is 1. The molecule has 0 aromatic rings. The summed E-state index contributed by atoms with van der Waals surface area (Å²) in [4.78, 5) is 72.7. The predicted molar refractivity (Wildman–Crippen MR) is 399 cm³/mol. The second-order valence-corrected chi connectivity index (χ2v) is 27.8. The summed E-state index contributed by atoms with van der Waals surface area (Å²) in [6, 6.07) is 0. The molecule has 0 aromatic carbocycles. The van der Waals surface area contributed by atoms with Crippen LogP contribution in [-0.2, 0) is 65.4 Å². The van der Waals surface area contributed by atoms with E-state index in [0.717, 1.165) is 167 Å². The molecule has 0 aromatic heterocycles. The van der Waals surface area contributed by atoms with Gasteiger partial charge in [-0.05, 0) is 109 Å². The highest BCUT2D eigenvalue weighted by Crippen LogP contribution is 2.45. The van der Waals surface area contributed by atoms with Crippen molar-refractivity contribution in [3.8, 4) is 0 Å². The third-order valence-electron chi connectivity index (χ3n) is 15.4. The van der Waals surface area contributed by atoms with E-state index in [0.29, 0.717) is 25.7 Å². The lowest BCUT2D eigenvalue weighted by Gasteiger charge is -2.21. The quantitative estimate of drug-likeness (QED) is 0.0169. The first-order valence-corrected chi connectivity index (χ1v) is 40.8. The van der Waals surface area contributed by atoms with Crippen LogP contribution in [0.3, 0.4) is 0 Å². The van der Waals surface area contributed by atoms with Gasteiger partial charge in [0, 0.05) is 19.3 Å². The number of esters is 4. The third-order valence-corrected chi connectivity index (χ3v) is 17.3. The molecule has 3 N–H and O–H groups in total. The summed E-state index contributed by atoms with van der Waals surface area (Å²) >= 11 is 0. The van der Waals surface area contributed by atoms with Crippen molar-refractivity contribution in [3.63, 3.8) is 0 Å². The summed E-state index contributed by atoms with van der Waals surface area (Å²) in [5.74, 6) is -2.34. The van der Waals surface area contributed by atoms with Crippen LogP contribution in [0.15, 0.2) is 122 Å². The molecule has 19 heteroatoms. The van der Waals surface area contributed by atoms with Crippen LogP contribution in [0.1, 0.15) is 297 Å². The van der Waals surface area contributed by atoms with Crippen molar-refractivity contribution in [1.29, 1.82) is 0 Å². The van der Waals surface area contributed by atoms with Crippen molar-refractivity contribution >= 4 is 39.5 Å². The molecule has 562 valence electrons. The van der Waals surface area contributed by atoms with Crippen molar-refractivity contribution in [1.82, 2.24) is 0 Å². The van der Waals surface area contributed by atoms with Crippen LogP contribution in [0, 0.1) is 0 Å². The van der Waals surface area contributed by atoms with E-state index in [1.54, 1.807) is 6.08 Å². The number of unbranched alkanes of at least 4 members (excludes halogenated alkanes) is 25. The summed E-state index contributed by atoms with van der Waals surface area (Å²) < 4.78 is 68.3. The zero-order chi connectivity index (χ0) is 71.8. The molecule has 0 heterocycles. The Morgan fingerprint density at radius 3 is 0.949 bits per heavy atom. The van der Waals surface area contributed by atoms with Crippen LogP contribution < -0.4 is 0 Å². The highest BCUT2D eigenvalue weighted by Gasteiger charge is 2.30. The second kappa shape index (κ2) is 70.9. The largest absolute Gasteiger partial charge is 0.472 e. The molecular weight excluding hydrogens is 1280 g/mol. The van der Waals surface area contributed by atoms with Crippen LogP contribution in [0.5, 0.6) is 0 Å². The monoisotopic (exact) mass is 1420 g/mol. The summed E-state index contributed by atoms with van der Waals surface area (Å²) in [6.45, 7) is 4.45. The summed E-state index contributed by atoms with van der Waals surface area (Å²) in [5.41, 5.74) is 0. The average molecular weight is 1420 g/mol. The van der Waals surface area contributed by atoms with Crippen molar-refractivity contribution in [2.45, 2.75) is 316 Å². The second-order valence-electron chi connectivity index (χ2n) is 24.8. The number of allylic oxidation sites excluding steroid dienone is 19. The average Bonchev–Trinajstić information content (AvgIpc) is 0.971. The van der Waals surface area contributed by atoms with E-state index in [1.807, 2.05) is 18.2 Å². The fourth-order valence-electron chi connectivity index (χ4n) is 9.76. The lowest BCUT2D eigenvalue weighted by Crippen LogP contribution is -2.30. The van der Waals surface area contributed by atoms with E-state index < -0.39 is 97.5 Å². The molecule has 0 bridgehead atoms. The minimum Gasteiger partial charge on any atom is -0.462 e. The van der Waals surface area contributed by atoms with Gasteiger partial charge in [-0.15, -0.1) is 0 Å². The summed E-state index contributed by atoms with van der Waals surface area (Å²) in [7, 11) is -9.98. The van der Waals surface area contributed by atoms with Gasteiger partial charge in [0.2, 0.25) is 0 Å². The first-order chi connectivity index (χ1) is 47.7. The van der Waals surface area contributed by atoms with Gasteiger partial charge in [-0.3, -0.25) is 37.3 Å². The van der Waals surface area contributed by atoms with Crippen molar-refractivity contribution < 1.29 is 80.2 Å². The molecule has 0 aliphatic carbocycles. The lowest BCUT2D eigenvalue weighted by atomic mass is 10.0. The molecule has 0 spiro atoms. The molecule has 5 atom stereocenters. The molecule has 0 aliphatic rings. The van der Waals surface area contributed by atoms with Crippen LogP contribution in [0.4, 0.5) is 0 Å².